The summed E-state index contributed by atoms with van der Waals surface area (Å²) in [6.45, 7) is 3.36. The zero-order valence-corrected chi connectivity index (χ0v) is 10.7. The number of carbonyl (C=O) groups excluding carboxylic acids is 1. The quantitative estimate of drug-likeness (QED) is 0.796. The number of aromatic nitrogens is 1. The molecule has 1 aromatic rings. The molecule has 0 aliphatic carbocycles. The monoisotopic (exact) mass is 245 g/mol. The summed E-state index contributed by atoms with van der Waals surface area (Å²) in [5.74, 6) is 1.60. The Bertz CT molecular complexity index is 464. The van der Waals surface area contributed by atoms with Crippen molar-refractivity contribution in [3.05, 3.63) is 23.4 Å². The maximum atomic E-state index is 11.3. The maximum absolute atomic E-state index is 11.3. The van der Waals surface area contributed by atoms with Crippen molar-refractivity contribution in [3.8, 4) is 0 Å². The van der Waals surface area contributed by atoms with Gasteiger partial charge >= 0.3 is 0 Å². The van der Waals surface area contributed by atoms with Gasteiger partial charge in [-0.2, -0.15) is 0 Å². The number of carbonyl (C=O) groups is 1. The van der Waals surface area contributed by atoms with Crippen LogP contribution in [0.2, 0.25) is 0 Å². The first-order valence-corrected chi connectivity index (χ1v) is 6.74. The number of nitrogens with one attached hydrogen (secondary N) is 2. The largest absolute Gasteiger partial charge is 0.310 e. The van der Waals surface area contributed by atoms with Crippen molar-refractivity contribution in [2.24, 2.45) is 5.92 Å². The van der Waals surface area contributed by atoms with Crippen LogP contribution in [0.4, 0.5) is 5.82 Å². The lowest BCUT2D eigenvalue weighted by Crippen LogP contribution is -2.32. The molecule has 1 aromatic heterocycles. The fourth-order valence-electron chi connectivity index (χ4n) is 2.75. The third-order valence-corrected chi connectivity index (χ3v) is 3.93. The van der Waals surface area contributed by atoms with Crippen molar-refractivity contribution in [1.82, 2.24) is 10.3 Å². The van der Waals surface area contributed by atoms with Gasteiger partial charge in [-0.3, -0.25) is 4.79 Å². The van der Waals surface area contributed by atoms with E-state index in [1.165, 1.54) is 24.0 Å². The molecule has 2 aliphatic heterocycles. The van der Waals surface area contributed by atoms with Crippen LogP contribution in [-0.4, -0.2) is 17.4 Å². The minimum Gasteiger partial charge on any atom is -0.310 e. The lowest BCUT2D eigenvalue weighted by molar-refractivity contribution is -0.116. The molecule has 0 spiro atoms. The van der Waals surface area contributed by atoms with Gasteiger partial charge in [0.15, 0.2) is 0 Å². The molecule has 2 aliphatic rings. The molecular weight excluding hydrogens is 226 g/mol. The van der Waals surface area contributed by atoms with Crippen LogP contribution in [0.5, 0.6) is 0 Å². The molecule has 1 amide bonds. The van der Waals surface area contributed by atoms with Gasteiger partial charge in [-0.15, -0.1) is 0 Å². The Hall–Kier alpha value is -1.42. The van der Waals surface area contributed by atoms with E-state index in [0.29, 0.717) is 12.5 Å². The number of piperidine rings is 1. The lowest BCUT2D eigenvalue weighted by atomic mass is 9.91. The Morgan fingerprint density at radius 2 is 2.22 bits per heavy atom. The summed E-state index contributed by atoms with van der Waals surface area (Å²) in [5, 5.41) is 6.40. The van der Waals surface area contributed by atoms with Crippen LogP contribution in [-0.2, 0) is 11.2 Å². The number of pyridine rings is 1. The third kappa shape index (κ3) is 2.25. The smallest absolute Gasteiger partial charge is 0.225 e. The Morgan fingerprint density at radius 3 is 3.00 bits per heavy atom. The van der Waals surface area contributed by atoms with Gasteiger partial charge < -0.3 is 10.6 Å². The minimum atomic E-state index is 0.0763. The Morgan fingerprint density at radius 1 is 1.33 bits per heavy atom. The number of hydrogen-bond acceptors (Lipinski definition) is 3. The average molecular weight is 245 g/mol. The van der Waals surface area contributed by atoms with Crippen LogP contribution in [0, 0.1) is 5.92 Å². The molecule has 0 bridgehead atoms. The van der Waals surface area contributed by atoms with Gasteiger partial charge in [0.1, 0.15) is 5.82 Å². The van der Waals surface area contributed by atoms with E-state index in [1.54, 1.807) is 0 Å². The van der Waals surface area contributed by atoms with Gasteiger partial charge in [0.2, 0.25) is 5.91 Å². The molecule has 0 aromatic carbocycles. The second kappa shape index (κ2) is 4.69. The first-order chi connectivity index (χ1) is 8.72. The number of nitrogens with zero attached hydrogens (tertiary/aromatic N) is 1. The number of fused-ring (bicyclic) bond motifs is 1. The summed E-state index contributed by atoms with van der Waals surface area (Å²) in [7, 11) is 0. The second-order valence-electron chi connectivity index (χ2n) is 5.47. The summed E-state index contributed by atoms with van der Waals surface area (Å²) in [6, 6.07) is 2.63. The van der Waals surface area contributed by atoms with Crippen molar-refractivity contribution < 1.29 is 4.79 Å². The molecule has 3 heterocycles. The van der Waals surface area contributed by atoms with Crippen molar-refractivity contribution in [1.29, 1.82) is 0 Å². The van der Waals surface area contributed by atoms with Gasteiger partial charge in [-0.1, -0.05) is 6.92 Å². The molecule has 1 saturated heterocycles. The molecule has 96 valence electrons. The molecule has 2 atom stereocenters. The zero-order chi connectivity index (χ0) is 12.5. The molecular formula is C14H19N3O. The van der Waals surface area contributed by atoms with Crippen molar-refractivity contribution in [3.63, 3.8) is 0 Å². The second-order valence-corrected chi connectivity index (χ2v) is 5.47. The Kier molecular flexibility index (Phi) is 3.04. The van der Waals surface area contributed by atoms with Gasteiger partial charge in [0.25, 0.3) is 0 Å². The molecule has 3 rings (SSSR count). The van der Waals surface area contributed by atoms with E-state index in [4.69, 9.17) is 0 Å². The first kappa shape index (κ1) is 11.7. The van der Waals surface area contributed by atoms with Crippen LogP contribution in [0.25, 0.3) is 0 Å². The Balaban J connectivity index is 1.80. The molecule has 18 heavy (non-hydrogen) atoms. The number of aryl methyl sites for hydroxylation is 1. The van der Waals surface area contributed by atoms with Crippen LogP contribution in [0.15, 0.2) is 12.3 Å². The van der Waals surface area contributed by atoms with Crippen molar-refractivity contribution >= 4 is 11.7 Å². The highest BCUT2D eigenvalue weighted by Gasteiger charge is 2.22. The molecule has 0 radical (unpaired) electrons. The number of hydrogen-bond donors (Lipinski definition) is 2. The summed E-state index contributed by atoms with van der Waals surface area (Å²) in [6.07, 6.45) is 5.73. The van der Waals surface area contributed by atoms with Crippen molar-refractivity contribution in [2.45, 2.75) is 38.6 Å². The first-order valence-electron chi connectivity index (χ1n) is 6.74. The van der Waals surface area contributed by atoms with Crippen molar-refractivity contribution in [2.75, 3.05) is 11.9 Å². The molecule has 2 unspecified atom stereocenters. The molecule has 4 heteroatoms. The van der Waals surface area contributed by atoms with E-state index < -0.39 is 0 Å². The summed E-state index contributed by atoms with van der Waals surface area (Å²) in [5.41, 5.74) is 2.43. The third-order valence-electron chi connectivity index (χ3n) is 3.93. The average Bonchev–Trinajstić information content (AvgIpc) is 2.39. The van der Waals surface area contributed by atoms with E-state index in [0.717, 1.165) is 24.7 Å². The SMILES string of the molecule is CC1CCC(c2cnc3c(c2)CCC(=O)N3)NC1. The highest BCUT2D eigenvalue weighted by molar-refractivity contribution is 5.92. The maximum Gasteiger partial charge on any atom is 0.225 e. The molecule has 0 saturated carbocycles. The van der Waals surface area contributed by atoms with E-state index >= 15 is 0 Å². The summed E-state index contributed by atoms with van der Waals surface area (Å²) < 4.78 is 0. The number of anilines is 1. The summed E-state index contributed by atoms with van der Waals surface area (Å²) in [4.78, 5) is 15.7. The van der Waals surface area contributed by atoms with Crippen LogP contribution >= 0.6 is 0 Å². The predicted octanol–water partition coefficient (Wildman–Crippen LogP) is 2.03. The fourth-order valence-corrected chi connectivity index (χ4v) is 2.75. The van der Waals surface area contributed by atoms with E-state index in [-0.39, 0.29) is 5.91 Å². The standard InChI is InChI=1S/C14H19N3O/c1-9-2-4-12(15-7-9)11-6-10-3-5-13(18)17-14(10)16-8-11/h6,8-9,12,15H,2-5,7H2,1H3,(H,16,17,18). The van der Waals surface area contributed by atoms with Gasteiger partial charge in [-0.25, -0.2) is 4.98 Å². The lowest BCUT2D eigenvalue weighted by Gasteiger charge is -2.28. The highest BCUT2D eigenvalue weighted by Crippen LogP contribution is 2.28. The highest BCUT2D eigenvalue weighted by atomic mass is 16.1. The fraction of sp³-hybridized carbons (Fsp3) is 0.571. The number of amides is 1. The normalized spacial score (nSPS) is 27.5. The predicted molar refractivity (Wildman–Crippen MR) is 70.3 cm³/mol. The van der Waals surface area contributed by atoms with Gasteiger partial charge in [-0.05, 0) is 48.9 Å². The zero-order valence-electron chi connectivity index (χ0n) is 10.7. The molecule has 1 fully saturated rings. The van der Waals surface area contributed by atoms with Crippen LogP contribution < -0.4 is 10.6 Å². The molecule has 2 N–H and O–H groups in total. The minimum absolute atomic E-state index is 0.0763. The van der Waals surface area contributed by atoms with E-state index in [1.807, 2.05) is 6.20 Å². The van der Waals surface area contributed by atoms with Crippen LogP contribution in [0.3, 0.4) is 0 Å². The van der Waals surface area contributed by atoms with E-state index in [2.05, 4.69) is 28.6 Å². The number of rotatable bonds is 1. The molecule has 4 nitrogen and oxygen atoms in total. The summed E-state index contributed by atoms with van der Waals surface area (Å²) >= 11 is 0. The topological polar surface area (TPSA) is 54.0 Å². The van der Waals surface area contributed by atoms with Crippen LogP contribution in [0.1, 0.15) is 43.4 Å². The van der Waals surface area contributed by atoms with Gasteiger partial charge in [0, 0.05) is 18.7 Å². The van der Waals surface area contributed by atoms with Gasteiger partial charge in [0.05, 0.1) is 0 Å². The van der Waals surface area contributed by atoms with E-state index in [9.17, 15) is 4.79 Å². The Labute approximate surface area is 107 Å².